The quantitative estimate of drug-likeness (QED) is 0.607. The molecule has 5 heteroatoms. The lowest BCUT2D eigenvalue weighted by Gasteiger charge is -2.09. The summed E-state index contributed by atoms with van der Waals surface area (Å²) in [7, 11) is 0. The topological polar surface area (TPSA) is 25.6 Å². The van der Waals surface area contributed by atoms with E-state index in [0.29, 0.717) is 28.2 Å². The van der Waals surface area contributed by atoms with Crippen LogP contribution in [-0.4, -0.2) is 21.6 Å². The third-order valence-electron chi connectivity index (χ3n) is 3.39. The minimum Gasteiger partial charge on any atom is -0.457 e. The predicted octanol–water partition coefficient (Wildman–Crippen LogP) is 4.56. The summed E-state index contributed by atoms with van der Waals surface area (Å²) in [6, 6.07) is 12.0. The summed E-state index contributed by atoms with van der Waals surface area (Å²) in [5.74, 6) is 2.07. The molecule has 22 heavy (non-hydrogen) atoms. The number of likely N-dealkylation sites (N-methyl/N-ethyl adjacent to an activating group) is 1. The summed E-state index contributed by atoms with van der Waals surface area (Å²) < 4.78 is 11.4. The number of benzene rings is 1. The van der Waals surface area contributed by atoms with E-state index in [0.717, 1.165) is 11.3 Å². The van der Waals surface area contributed by atoms with E-state index in [4.69, 9.17) is 33.6 Å². The van der Waals surface area contributed by atoms with Crippen LogP contribution < -0.4 is 0 Å². The monoisotopic (exact) mass is 329 g/mol. The van der Waals surface area contributed by atoms with Gasteiger partial charge in [-0.25, -0.2) is 0 Å². The van der Waals surface area contributed by atoms with Crippen molar-refractivity contribution in [3.8, 4) is 11.3 Å². The van der Waals surface area contributed by atoms with Crippen molar-refractivity contribution in [2.24, 2.45) is 0 Å². The third kappa shape index (κ3) is 2.82. The van der Waals surface area contributed by atoms with Gasteiger partial charge in [-0.2, -0.15) is 0 Å². The molecule has 1 aliphatic rings. The van der Waals surface area contributed by atoms with Gasteiger partial charge in [-0.1, -0.05) is 36.0 Å². The Balaban J connectivity index is 1.88. The van der Waals surface area contributed by atoms with Crippen molar-refractivity contribution in [1.82, 2.24) is 4.90 Å². The van der Waals surface area contributed by atoms with E-state index in [1.165, 1.54) is 5.56 Å². The highest BCUT2D eigenvalue weighted by Crippen LogP contribution is 2.26. The van der Waals surface area contributed by atoms with Crippen LogP contribution >= 0.6 is 24.4 Å². The molecular weight excluding hydrogens is 314 g/mol. The molecule has 0 radical (unpaired) electrons. The van der Waals surface area contributed by atoms with Gasteiger partial charge in [0.2, 0.25) is 0 Å². The molecule has 3 nitrogen and oxygen atoms in total. The molecule has 0 saturated carbocycles. The molecule has 2 aromatic rings. The SMILES string of the molecule is CCN1C(=S)O/C(=C\c2ccc(-c3cccc(C)c3)o2)C1=S. The zero-order valence-electron chi connectivity index (χ0n) is 12.3. The average molecular weight is 329 g/mol. The van der Waals surface area contributed by atoms with E-state index in [-0.39, 0.29) is 0 Å². The van der Waals surface area contributed by atoms with E-state index >= 15 is 0 Å². The molecule has 0 spiro atoms. The van der Waals surface area contributed by atoms with Gasteiger partial charge in [0.25, 0.3) is 5.17 Å². The highest BCUT2D eigenvalue weighted by molar-refractivity contribution is 7.82. The zero-order chi connectivity index (χ0) is 15.7. The summed E-state index contributed by atoms with van der Waals surface area (Å²) >= 11 is 10.5. The molecule has 3 rings (SSSR count). The Labute approximate surface area is 140 Å². The number of nitrogens with zero attached hydrogens (tertiary/aromatic N) is 1. The minimum absolute atomic E-state index is 0.393. The normalized spacial score (nSPS) is 16.5. The Morgan fingerprint density at radius 1 is 1.18 bits per heavy atom. The smallest absolute Gasteiger partial charge is 0.270 e. The molecule has 0 unspecified atom stereocenters. The molecule has 0 bridgehead atoms. The van der Waals surface area contributed by atoms with Gasteiger partial charge in [-0.05, 0) is 44.3 Å². The lowest BCUT2D eigenvalue weighted by atomic mass is 10.1. The van der Waals surface area contributed by atoms with Crippen molar-refractivity contribution >= 4 is 40.7 Å². The lowest BCUT2D eigenvalue weighted by Crippen LogP contribution is -2.26. The molecular formula is C17H15NO2S2. The average Bonchev–Trinajstić information content (AvgIpc) is 3.05. The highest BCUT2D eigenvalue weighted by atomic mass is 32.1. The summed E-state index contributed by atoms with van der Waals surface area (Å²) in [5.41, 5.74) is 2.24. The van der Waals surface area contributed by atoms with Gasteiger partial charge >= 0.3 is 0 Å². The summed E-state index contributed by atoms with van der Waals surface area (Å²) in [6.45, 7) is 4.73. The first-order valence-corrected chi connectivity index (χ1v) is 7.82. The number of furan rings is 1. The number of ether oxygens (including phenoxy) is 1. The van der Waals surface area contributed by atoms with E-state index in [1.807, 2.05) is 31.2 Å². The highest BCUT2D eigenvalue weighted by Gasteiger charge is 2.28. The molecule has 1 aromatic heterocycles. The second-order valence-electron chi connectivity index (χ2n) is 5.00. The fourth-order valence-corrected chi connectivity index (χ4v) is 2.97. The Bertz CT molecular complexity index is 776. The van der Waals surface area contributed by atoms with E-state index in [9.17, 15) is 0 Å². The van der Waals surface area contributed by atoms with E-state index < -0.39 is 0 Å². The maximum absolute atomic E-state index is 5.86. The molecule has 0 N–H and O–H groups in total. The van der Waals surface area contributed by atoms with Crippen molar-refractivity contribution < 1.29 is 9.15 Å². The van der Waals surface area contributed by atoms with Crippen LogP contribution in [0.3, 0.4) is 0 Å². The maximum Gasteiger partial charge on any atom is 0.270 e. The Hall–Kier alpha value is -1.98. The zero-order valence-corrected chi connectivity index (χ0v) is 14.0. The first-order valence-electron chi connectivity index (χ1n) is 7.00. The Morgan fingerprint density at radius 2 is 2.00 bits per heavy atom. The minimum atomic E-state index is 0.393. The van der Waals surface area contributed by atoms with E-state index in [2.05, 4.69) is 19.1 Å². The predicted molar refractivity (Wildman–Crippen MR) is 95.5 cm³/mol. The molecule has 0 amide bonds. The molecule has 1 aliphatic heterocycles. The van der Waals surface area contributed by atoms with Gasteiger partial charge in [0.15, 0.2) is 10.7 Å². The van der Waals surface area contributed by atoms with Crippen LogP contribution in [0.25, 0.3) is 17.4 Å². The number of hydrogen-bond acceptors (Lipinski definition) is 4. The maximum atomic E-state index is 5.86. The first kappa shape index (κ1) is 14.9. The van der Waals surface area contributed by atoms with Crippen molar-refractivity contribution in [3.05, 3.63) is 53.5 Å². The summed E-state index contributed by atoms with van der Waals surface area (Å²) in [6.07, 6.45) is 1.78. The van der Waals surface area contributed by atoms with Crippen LogP contribution in [0.4, 0.5) is 0 Å². The molecule has 1 aromatic carbocycles. The molecule has 0 atom stereocenters. The number of aryl methyl sites for hydroxylation is 1. The first-order chi connectivity index (χ1) is 10.6. The van der Waals surface area contributed by atoms with Crippen molar-refractivity contribution in [1.29, 1.82) is 0 Å². The van der Waals surface area contributed by atoms with Crippen LogP contribution in [0.15, 0.2) is 46.6 Å². The van der Waals surface area contributed by atoms with Gasteiger partial charge in [0.05, 0.1) is 0 Å². The third-order valence-corrected chi connectivity index (χ3v) is 4.12. The van der Waals surface area contributed by atoms with Crippen LogP contribution in [0.5, 0.6) is 0 Å². The van der Waals surface area contributed by atoms with Gasteiger partial charge in [-0.3, -0.25) is 4.90 Å². The van der Waals surface area contributed by atoms with Crippen LogP contribution in [-0.2, 0) is 4.74 Å². The van der Waals surface area contributed by atoms with Crippen molar-refractivity contribution in [2.75, 3.05) is 6.54 Å². The van der Waals surface area contributed by atoms with E-state index in [1.54, 1.807) is 11.0 Å². The largest absolute Gasteiger partial charge is 0.457 e. The molecule has 1 fully saturated rings. The molecule has 2 heterocycles. The summed E-state index contributed by atoms with van der Waals surface area (Å²) in [5, 5.41) is 0.393. The number of rotatable bonds is 3. The lowest BCUT2D eigenvalue weighted by molar-refractivity contribution is 0.441. The Kier molecular flexibility index (Phi) is 4.09. The van der Waals surface area contributed by atoms with Crippen molar-refractivity contribution in [3.63, 3.8) is 0 Å². The van der Waals surface area contributed by atoms with Crippen LogP contribution in [0, 0.1) is 6.92 Å². The van der Waals surface area contributed by atoms with Crippen LogP contribution in [0.2, 0.25) is 0 Å². The molecule has 0 aliphatic carbocycles. The van der Waals surface area contributed by atoms with Gasteiger partial charge in [0, 0.05) is 18.2 Å². The van der Waals surface area contributed by atoms with Gasteiger partial charge in [0.1, 0.15) is 11.5 Å². The fraction of sp³-hybridized carbons (Fsp3) is 0.176. The summed E-state index contributed by atoms with van der Waals surface area (Å²) in [4.78, 5) is 2.38. The van der Waals surface area contributed by atoms with Crippen LogP contribution in [0.1, 0.15) is 18.2 Å². The Morgan fingerprint density at radius 3 is 2.68 bits per heavy atom. The number of thiocarbonyl (C=S) groups is 2. The fourth-order valence-electron chi connectivity index (χ4n) is 2.29. The standard InChI is InChI=1S/C17H15NO2S2/c1-3-18-16(21)15(20-17(18)22)10-13-7-8-14(19-13)12-6-4-5-11(2)9-12/h4-10H,3H2,1-2H3/b15-10-. The van der Waals surface area contributed by atoms with Gasteiger partial charge < -0.3 is 9.15 Å². The number of hydrogen-bond donors (Lipinski definition) is 0. The van der Waals surface area contributed by atoms with Crippen molar-refractivity contribution in [2.45, 2.75) is 13.8 Å². The molecule has 1 saturated heterocycles. The van der Waals surface area contributed by atoms with Gasteiger partial charge in [-0.15, -0.1) is 0 Å². The second-order valence-corrected chi connectivity index (χ2v) is 5.73. The molecule has 112 valence electrons. The second kappa shape index (κ2) is 6.02.